The molecular formula is C8H7FN4O2. The van der Waals surface area contributed by atoms with Gasteiger partial charge in [0.1, 0.15) is 11.5 Å². The lowest BCUT2D eigenvalue weighted by Gasteiger charge is -1.95. The summed E-state index contributed by atoms with van der Waals surface area (Å²) >= 11 is 0. The van der Waals surface area contributed by atoms with Crippen LogP contribution in [0.15, 0.2) is 12.3 Å². The van der Waals surface area contributed by atoms with Gasteiger partial charge in [0.15, 0.2) is 5.69 Å². The van der Waals surface area contributed by atoms with Crippen LogP contribution in [-0.4, -0.2) is 33.5 Å². The lowest BCUT2D eigenvalue weighted by atomic mass is 10.2. The highest BCUT2D eigenvalue weighted by molar-refractivity contribution is 5.93. The number of aromatic nitrogens is 4. The standard InChI is InChI=1S/C8H7FN4O2/c1-15-8(14)7-6(11-13-12-7)5-2-4(9)3-10-5/h2-3,10H,1H3,(H,11,12,13). The Morgan fingerprint density at radius 3 is 2.93 bits per heavy atom. The van der Waals surface area contributed by atoms with Crippen molar-refractivity contribution >= 4 is 5.97 Å². The normalized spacial score (nSPS) is 10.3. The molecule has 0 aliphatic carbocycles. The molecule has 0 unspecified atom stereocenters. The Bertz CT molecular complexity index is 490. The van der Waals surface area contributed by atoms with E-state index in [9.17, 15) is 9.18 Å². The van der Waals surface area contributed by atoms with E-state index >= 15 is 0 Å². The van der Waals surface area contributed by atoms with E-state index in [4.69, 9.17) is 0 Å². The van der Waals surface area contributed by atoms with Crippen molar-refractivity contribution < 1.29 is 13.9 Å². The molecule has 0 bridgehead atoms. The third-order valence-electron chi connectivity index (χ3n) is 1.83. The van der Waals surface area contributed by atoms with Crippen molar-refractivity contribution in [2.45, 2.75) is 0 Å². The van der Waals surface area contributed by atoms with Crippen molar-refractivity contribution in [3.63, 3.8) is 0 Å². The smallest absolute Gasteiger partial charge is 0.360 e. The highest BCUT2D eigenvalue weighted by Gasteiger charge is 2.19. The number of nitrogens with one attached hydrogen (secondary N) is 2. The first kappa shape index (κ1) is 9.38. The Hall–Kier alpha value is -2.18. The number of hydrogen-bond acceptors (Lipinski definition) is 4. The van der Waals surface area contributed by atoms with Crippen LogP contribution < -0.4 is 0 Å². The molecule has 0 fully saturated rings. The van der Waals surface area contributed by atoms with Gasteiger partial charge in [-0.15, -0.1) is 5.10 Å². The molecule has 2 heterocycles. The summed E-state index contributed by atoms with van der Waals surface area (Å²) in [6.45, 7) is 0. The molecule has 2 rings (SSSR count). The molecule has 0 saturated heterocycles. The second-order valence-electron chi connectivity index (χ2n) is 2.74. The maximum atomic E-state index is 12.7. The number of ether oxygens (including phenoxy) is 1. The van der Waals surface area contributed by atoms with E-state index in [2.05, 4.69) is 25.1 Å². The average molecular weight is 210 g/mol. The summed E-state index contributed by atoms with van der Waals surface area (Å²) in [4.78, 5) is 13.8. The summed E-state index contributed by atoms with van der Waals surface area (Å²) in [7, 11) is 1.23. The van der Waals surface area contributed by atoms with Crippen LogP contribution in [0.5, 0.6) is 0 Å². The van der Waals surface area contributed by atoms with Gasteiger partial charge in [0.25, 0.3) is 0 Å². The third kappa shape index (κ3) is 1.58. The van der Waals surface area contributed by atoms with Crippen LogP contribution in [0.2, 0.25) is 0 Å². The fourth-order valence-corrected chi connectivity index (χ4v) is 1.16. The molecule has 0 spiro atoms. The number of halogens is 1. The minimum atomic E-state index is -0.631. The van der Waals surface area contributed by atoms with Crippen LogP contribution in [0.25, 0.3) is 11.4 Å². The summed E-state index contributed by atoms with van der Waals surface area (Å²) in [6, 6.07) is 1.21. The number of nitrogens with zero attached hydrogens (tertiary/aromatic N) is 2. The fourth-order valence-electron chi connectivity index (χ4n) is 1.16. The average Bonchev–Trinajstić information content (AvgIpc) is 2.84. The van der Waals surface area contributed by atoms with Crippen molar-refractivity contribution in [2.75, 3.05) is 7.11 Å². The molecule has 7 heteroatoms. The van der Waals surface area contributed by atoms with E-state index in [1.165, 1.54) is 13.2 Å². The van der Waals surface area contributed by atoms with Gasteiger partial charge in [-0.25, -0.2) is 9.18 Å². The second kappa shape index (κ2) is 3.52. The molecule has 0 atom stereocenters. The molecule has 15 heavy (non-hydrogen) atoms. The minimum absolute atomic E-state index is 0.0133. The zero-order valence-electron chi connectivity index (χ0n) is 7.74. The van der Waals surface area contributed by atoms with Crippen molar-refractivity contribution in [3.8, 4) is 11.4 Å². The highest BCUT2D eigenvalue weighted by Crippen LogP contribution is 2.18. The van der Waals surface area contributed by atoms with Gasteiger partial charge in [0.2, 0.25) is 0 Å². The van der Waals surface area contributed by atoms with Crippen LogP contribution >= 0.6 is 0 Å². The number of hydrogen-bond donors (Lipinski definition) is 2. The van der Waals surface area contributed by atoms with Gasteiger partial charge in [0.05, 0.1) is 12.8 Å². The number of rotatable bonds is 2. The van der Waals surface area contributed by atoms with E-state index in [0.29, 0.717) is 5.69 Å². The van der Waals surface area contributed by atoms with Gasteiger partial charge in [-0.3, -0.25) is 0 Å². The number of carbonyl (C=O) groups excluding carboxylic acids is 1. The summed E-state index contributed by atoms with van der Waals surface area (Å²) in [5, 5.41) is 9.63. The quantitative estimate of drug-likeness (QED) is 0.715. The molecule has 0 saturated carbocycles. The van der Waals surface area contributed by atoms with Gasteiger partial charge in [-0.05, 0) is 0 Å². The molecule has 6 nitrogen and oxygen atoms in total. The van der Waals surface area contributed by atoms with Crippen molar-refractivity contribution in [3.05, 3.63) is 23.8 Å². The Morgan fingerprint density at radius 2 is 2.33 bits per heavy atom. The van der Waals surface area contributed by atoms with E-state index in [-0.39, 0.29) is 11.4 Å². The van der Waals surface area contributed by atoms with Gasteiger partial charge in [-0.1, -0.05) is 0 Å². The van der Waals surface area contributed by atoms with Crippen molar-refractivity contribution in [1.29, 1.82) is 0 Å². The predicted octanol–water partition coefficient (Wildman–Crippen LogP) is 0.725. The van der Waals surface area contributed by atoms with Gasteiger partial charge in [0, 0.05) is 12.3 Å². The first-order chi connectivity index (χ1) is 7.22. The molecule has 0 aromatic carbocycles. The zero-order chi connectivity index (χ0) is 10.8. The van der Waals surface area contributed by atoms with E-state index < -0.39 is 11.8 Å². The lowest BCUT2D eigenvalue weighted by molar-refractivity contribution is 0.0595. The number of aromatic amines is 2. The summed E-state index contributed by atoms with van der Waals surface area (Å²) in [5.41, 5.74) is 0.603. The molecule has 2 aromatic heterocycles. The van der Waals surface area contributed by atoms with E-state index in [1.807, 2.05) is 0 Å². The fraction of sp³-hybridized carbons (Fsp3) is 0.125. The largest absolute Gasteiger partial charge is 0.464 e. The SMILES string of the molecule is COC(=O)c1n[nH]nc1-c1cc(F)c[nH]1. The Balaban J connectivity index is 2.45. The van der Waals surface area contributed by atoms with Crippen LogP contribution in [0, 0.1) is 5.82 Å². The van der Waals surface area contributed by atoms with Gasteiger partial charge < -0.3 is 9.72 Å². The van der Waals surface area contributed by atoms with Gasteiger partial charge in [-0.2, -0.15) is 10.3 Å². The molecule has 78 valence electrons. The second-order valence-corrected chi connectivity index (χ2v) is 2.74. The van der Waals surface area contributed by atoms with Crippen molar-refractivity contribution in [1.82, 2.24) is 20.4 Å². The maximum absolute atomic E-state index is 12.7. The topological polar surface area (TPSA) is 83.7 Å². The van der Waals surface area contributed by atoms with Gasteiger partial charge >= 0.3 is 5.97 Å². The van der Waals surface area contributed by atoms with Crippen molar-refractivity contribution in [2.24, 2.45) is 0 Å². The molecule has 0 aliphatic heterocycles. The lowest BCUT2D eigenvalue weighted by Crippen LogP contribution is -2.03. The first-order valence-electron chi connectivity index (χ1n) is 4.05. The summed E-state index contributed by atoms with van der Waals surface area (Å²) in [5.74, 6) is -1.07. The predicted molar refractivity (Wildman–Crippen MR) is 47.5 cm³/mol. The molecule has 0 amide bonds. The molecule has 2 aromatic rings. The number of H-pyrrole nitrogens is 2. The Labute approximate surface area is 83.5 Å². The number of carbonyl (C=O) groups is 1. The van der Waals surface area contributed by atoms with E-state index in [1.54, 1.807) is 0 Å². The minimum Gasteiger partial charge on any atom is -0.464 e. The summed E-state index contributed by atoms with van der Waals surface area (Å²) < 4.78 is 17.2. The monoisotopic (exact) mass is 210 g/mol. The molecular weight excluding hydrogens is 203 g/mol. The molecule has 0 aliphatic rings. The third-order valence-corrected chi connectivity index (χ3v) is 1.83. The Morgan fingerprint density at radius 1 is 1.53 bits per heavy atom. The zero-order valence-corrected chi connectivity index (χ0v) is 7.74. The molecule has 2 N–H and O–H groups in total. The highest BCUT2D eigenvalue weighted by atomic mass is 19.1. The summed E-state index contributed by atoms with van der Waals surface area (Å²) in [6.07, 6.45) is 1.16. The number of esters is 1. The molecule has 0 radical (unpaired) electrons. The maximum Gasteiger partial charge on any atom is 0.360 e. The van der Waals surface area contributed by atoms with E-state index in [0.717, 1.165) is 6.20 Å². The van der Waals surface area contributed by atoms with Crippen LogP contribution in [0.1, 0.15) is 10.5 Å². The first-order valence-corrected chi connectivity index (χ1v) is 4.05. The van der Waals surface area contributed by atoms with Crippen LogP contribution in [0.4, 0.5) is 4.39 Å². The Kier molecular flexibility index (Phi) is 2.20. The van der Waals surface area contributed by atoms with Crippen LogP contribution in [-0.2, 0) is 4.74 Å². The number of methoxy groups -OCH3 is 1. The van der Waals surface area contributed by atoms with Crippen LogP contribution in [0.3, 0.4) is 0 Å².